The van der Waals surface area contributed by atoms with Gasteiger partial charge >= 0.3 is 12.1 Å². The highest BCUT2D eigenvalue weighted by Crippen LogP contribution is 2.34. The molecule has 0 amide bonds. The number of rotatable bonds is 11. The predicted molar refractivity (Wildman–Crippen MR) is 137 cm³/mol. The second-order valence-corrected chi connectivity index (χ2v) is 10.4. The number of alkyl halides is 3. The van der Waals surface area contributed by atoms with Crippen molar-refractivity contribution in [2.75, 3.05) is 23.4 Å². The van der Waals surface area contributed by atoms with E-state index in [9.17, 15) is 28.2 Å². The van der Waals surface area contributed by atoms with Crippen molar-refractivity contribution in [3.05, 3.63) is 47.0 Å². The molecule has 5 atom stereocenters. The minimum Gasteiger partial charge on any atom is -0.480 e. The summed E-state index contributed by atoms with van der Waals surface area (Å²) in [6.45, 7) is 0.225. The summed E-state index contributed by atoms with van der Waals surface area (Å²) in [7, 11) is 0. The van der Waals surface area contributed by atoms with Gasteiger partial charge in [0.05, 0.1) is 18.0 Å². The highest BCUT2D eigenvalue weighted by molar-refractivity contribution is 7.99. The van der Waals surface area contributed by atoms with Crippen molar-refractivity contribution in [3.63, 3.8) is 0 Å². The van der Waals surface area contributed by atoms with Crippen LogP contribution in [0.5, 0.6) is 0 Å². The highest BCUT2D eigenvalue weighted by atomic mass is 35.5. The van der Waals surface area contributed by atoms with Gasteiger partial charge < -0.3 is 31.1 Å². The van der Waals surface area contributed by atoms with Gasteiger partial charge in [-0.15, -0.1) is 0 Å². The number of fused-ring (bicyclic) bond motifs is 1. The number of thioether (sulfide) groups is 1. The largest absolute Gasteiger partial charge is 0.480 e. The average Bonchev–Trinajstić information content (AvgIpc) is 3.42. The molecule has 3 aromatic rings. The second kappa shape index (κ2) is 12.2. The summed E-state index contributed by atoms with van der Waals surface area (Å²) >= 11 is 7.45. The van der Waals surface area contributed by atoms with E-state index >= 15 is 0 Å². The third-order valence-corrected chi connectivity index (χ3v) is 7.40. The number of nitrogens with two attached hydrogens (primary N) is 1. The number of carbonyl (C=O) groups is 1. The normalized spacial score (nSPS) is 22.3. The number of ether oxygens (including phenoxy) is 1. The molecule has 16 heteroatoms. The number of anilines is 1. The lowest BCUT2D eigenvalue weighted by Gasteiger charge is -2.17. The monoisotopic (exact) mass is 590 g/mol. The van der Waals surface area contributed by atoms with E-state index in [0.717, 1.165) is 12.1 Å². The van der Waals surface area contributed by atoms with Gasteiger partial charge in [0.15, 0.2) is 23.2 Å². The van der Waals surface area contributed by atoms with Crippen molar-refractivity contribution in [1.82, 2.24) is 19.5 Å². The van der Waals surface area contributed by atoms with Crippen LogP contribution in [0.2, 0.25) is 5.28 Å². The van der Waals surface area contributed by atoms with E-state index in [1.807, 2.05) is 0 Å². The van der Waals surface area contributed by atoms with Gasteiger partial charge in [0.1, 0.15) is 18.2 Å². The molecule has 0 saturated carbocycles. The van der Waals surface area contributed by atoms with Gasteiger partial charge in [-0.25, -0.2) is 4.98 Å². The fourth-order valence-corrected chi connectivity index (χ4v) is 5.32. The number of carboxylic acids is 1. The molecule has 1 aliphatic rings. The molecule has 11 nitrogen and oxygen atoms in total. The SMILES string of the molecule is NC(CCSC[C@H]1O[C@@H](n2cnc3c(NCCc4cccc(C(F)(F)F)c4)nc(Cl)nc32)[C@H](O)[C@@H]1O)C(=O)O. The number of hydrogen-bond acceptors (Lipinski definition) is 10. The van der Waals surface area contributed by atoms with Gasteiger partial charge in [-0.2, -0.15) is 34.9 Å². The maximum atomic E-state index is 13.0. The Kier molecular flexibility index (Phi) is 9.18. The minimum absolute atomic E-state index is 0.138. The summed E-state index contributed by atoms with van der Waals surface area (Å²) in [5.41, 5.74) is 5.74. The maximum absolute atomic E-state index is 13.0. The molecule has 0 radical (unpaired) electrons. The first-order valence-corrected chi connectivity index (χ1v) is 13.4. The summed E-state index contributed by atoms with van der Waals surface area (Å²) in [5, 5.41) is 32.9. The van der Waals surface area contributed by atoms with Crippen molar-refractivity contribution in [1.29, 1.82) is 0 Å². The number of imidazole rings is 1. The van der Waals surface area contributed by atoms with E-state index in [1.54, 1.807) is 6.07 Å². The Morgan fingerprint density at radius 1 is 1.28 bits per heavy atom. The zero-order valence-corrected chi connectivity index (χ0v) is 21.8. The van der Waals surface area contributed by atoms with Crippen LogP contribution in [0.1, 0.15) is 23.8 Å². The second-order valence-electron chi connectivity index (χ2n) is 8.89. The van der Waals surface area contributed by atoms with Crippen molar-refractivity contribution < 1.29 is 38.0 Å². The number of aliphatic carboxylic acids is 1. The molecule has 1 aliphatic heterocycles. The smallest absolute Gasteiger partial charge is 0.416 e. The fraction of sp³-hybridized carbons (Fsp3) is 0.478. The van der Waals surface area contributed by atoms with E-state index in [1.165, 1.54) is 28.7 Å². The van der Waals surface area contributed by atoms with E-state index in [4.69, 9.17) is 27.2 Å². The maximum Gasteiger partial charge on any atom is 0.416 e. The van der Waals surface area contributed by atoms with Gasteiger partial charge in [0.2, 0.25) is 5.28 Å². The molecule has 1 unspecified atom stereocenters. The van der Waals surface area contributed by atoms with Crippen LogP contribution >= 0.6 is 23.4 Å². The lowest BCUT2D eigenvalue weighted by atomic mass is 10.1. The van der Waals surface area contributed by atoms with Gasteiger partial charge in [-0.1, -0.05) is 18.2 Å². The third-order valence-electron chi connectivity index (χ3n) is 6.14. The van der Waals surface area contributed by atoms with Crippen LogP contribution in [0.25, 0.3) is 11.2 Å². The molecule has 0 spiro atoms. The average molecular weight is 591 g/mol. The van der Waals surface area contributed by atoms with E-state index in [2.05, 4.69) is 20.3 Å². The highest BCUT2D eigenvalue weighted by Gasteiger charge is 2.44. The Morgan fingerprint density at radius 2 is 2.05 bits per heavy atom. The van der Waals surface area contributed by atoms with Crippen LogP contribution in [-0.4, -0.2) is 83.2 Å². The Morgan fingerprint density at radius 3 is 2.77 bits per heavy atom. The third kappa shape index (κ3) is 6.91. The Bertz CT molecular complexity index is 1310. The van der Waals surface area contributed by atoms with Crippen LogP contribution in [0.4, 0.5) is 19.0 Å². The van der Waals surface area contributed by atoms with Crippen LogP contribution in [0, 0.1) is 0 Å². The number of hydrogen-bond donors (Lipinski definition) is 5. The fourth-order valence-electron chi connectivity index (χ4n) is 4.06. The van der Waals surface area contributed by atoms with Crippen molar-refractivity contribution >= 4 is 46.3 Å². The van der Waals surface area contributed by atoms with Crippen LogP contribution in [0.15, 0.2) is 30.6 Å². The molecule has 6 N–H and O–H groups in total. The zero-order valence-electron chi connectivity index (χ0n) is 20.3. The molecule has 39 heavy (non-hydrogen) atoms. The predicted octanol–water partition coefficient (Wildman–Crippen LogP) is 2.31. The van der Waals surface area contributed by atoms with Crippen LogP contribution in [-0.2, 0) is 22.1 Å². The quantitative estimate of drug-likeness (QED) is 0.164. The molecule has 0 bridgehead atoms. The summed E-state index contributed by atoms with van der Waals surface area (Å²) in [4.78, 5) is 23.5. The molecule has 3 heterocycles. The molecule has 1 saturated heterocycles. The topological polar surface area (TPSA) is 169 Å². The molecule has 1 aromatic carbocycles. The first-order chi connectivity index (χ1) is 18.5. The molecule has 4 rings (SSSR count). The van der Waals surface area contributed by atoms with Crippen molar-refractivity contribution in [2.45, 2.75) is 49.6 Å². The number of aromatic nitrogens is 4. The Labute approximate surface area is 229 Å². The number of nitrogens with zero attached hydrogens (tertiary/aromatic N) is 4. The lowest BCUT2D eigenvalue weighted by molar-refractivity contribution is -0.139. The summed E-state index contributed by atoms with van der Waals surface area (Å²) in [5.74, 6) is -0.148. The van der Waals surface area contributed by atoms with Crippen LogP contribution in [0.3, 0.4) is 0 Å². The number of halogens is 4. The van der Waals surface area contributed by atoms with Gasteiger partial charge in [-0.05, 0) is 41.8 Å². The Balaban J connectivity index is 1.43. The summed E-state index contributed by atoms with van der Waals surface area (Å²) in [6, 6.07) is 4.04. The number of aliphatic hydroxyl groups excluding tert-OH is 2. The zero-order chi connectivity index (χ0) is 28.3. The van der Waals surface area contributed by atoms with Crippen molar-refractivity contribution in [3.8, 4) is 0 Å². The molecular weight excluding hydrogens is 565 g/mol. The molecule has 1 fully saturated rings. The molecule has 0 aliphatic carbocycles. The van der Waals surface area contributed by atoms with Gasteiger partial charge in [-0.3, -0.25) is 9.36 Å². The van der Waals surface area contributed by atoms with E-state index < -0.39 is 48.3 Å². The van der Waals surface area contributed by atoms with E-state index in [-0.39, 0.29) is 47.4 Å². The number of nitrogens with one attached hydrogen (secondary N) is 1. The van der Waals surface area contributed by atoms with Crippen LogP contribution < -0.4 is 11.1 Å². The first-order valence-electron chi connectivity index (χ1n) is 11.8. The molecule has 212 valence electrons. The van der Waals surface area contributed by atoms with Gasteiger partial charge in [0, 0.05) is 12.3 Å². The standard InChI is InChI=1S/C23H26ClF3N6O5S/c24-22-31-18(29-6-4-11-2-1-3-12(8-11)23(25,26)27)15-19(32-22)33(10-30-15)20-17(35)16(34)14(38-20)9-39-7-5-13(28)21(36)37/h1-3,8,10,13-14,16-17,20,34-35H,4-7,9,28H2,(H,36,37)(H,29,31,32)/t13?,14-,16-,17-,20-/m1/s1. The molecular formula is C23H26ClF3N6O5S. The Hall–Kier alpha value is -2.69. The van der Waals surface area contributed by atoms with E-state index in [0.29, 0.717) is 11.3 Å². The summed E-state index contributed by atoms with van der Waals surface area (Å²) < 4.78 is 46.3. The van der Waals surface area contributed by atoms with Crippen molar-refractivity contribution in [2.24, 2.45) is 5.73 Å². The minimum atomic E-state index is -4.44. The van der Waals surface area contributed by atoms with Gasteiger partial charge in [0.25, 0.3) is 0 Å². The molecule has 2 aromatic heterocycles. The number of benzene rings is 1. The number of carboxylic acid groups (broad SMARTS) is 1. The lowest BCUT2D eigenvalue weighted by Crippen LogP contribution is -2.33. The first kappa shape index (κ1) is 29.3. The summed E-state index contributed by atoms with van der Waals surface area (Å²) in [6.07, 6.45) is -6.92. The number of aliphatic hydroxyl groups is 2.